The van der Waals surface area contributed by atoms with Crippen molar-refractivity contribution in [1.29, 1.82) is 0 Å². The van der Waals surface area contributed by atoms with Crippen LogP contribution in [0.2, 0.25) is 0 Å². The number of hydrogen-bond acceptors (Lipinski definition) is 2. The fourth-order valence-electron chi connectivity index (χ4n) is 4.32. The van der Waals surface area contributed by atoms with E-state index < -0.39 is 0 Å². The van der Waals surface area contributed by atoms with E-state index in [1.54, 1.807) is 0 Å². The molecule has 4 nitrogen and oxygen atoms in total. The molecule has 0 N–H and O–H groups in total. The van der Waals surface area contributed by atoms with Gasteiger partial charge in [0.2, 0.25) is 5.91 Å². The molecule has 0 bridgehead atoms. The van der Waals surface area contributed by atoms with E-state index in [1.807, 2.05) is 41.3 Å². The number of benzene rings is 3. The van der Waals surface area contributed by atoms with Crippen molar-refractivity contribution in [3.05, 3.63) is 94.2 Å². The predicted octanol–water partition coefficient (Wildman–Crippen LogP) is 5.68. The van der Waals surface area contributed by atoms with Crippen molar-refractivity contribution >= 4 is 38.6 Å². The van der Waals surface area contributed by atoms with Crippen molar-refractivity contribution < 1.29 is 4.79 Å². The number of rotatable bonds is 4. The van der Waals surface area contributed by atoms with Gasteiger partial charge in [-0.05, 0) is 54.4 Å². The minimum Gasteiger partial charge on any atom is -0.323 e. The molecule has 30 heavy (non-hydrogen) atoms. The van der Waals surface area contributed by atoms with E-state index in [0.29, 0.717) is 13.0 Å². The van der Waals surface area contributed by atoms with E-state index in [9.17, 15) is 4.79 Å². The third-order valence-electron chi connectivity index (χ3n) is 5.72. The zero-order valence-corrected chi connectivity index (χ0v) is 18.3. The van der Waals surface area contributed by atoms with Crippen LogP contribution in [-0.2, 0) is 11.3 Å². The van der Waals surface area contributed by atoms with Gasteiger partial charge in [-0.15, -0.1) is 0 Å². The molecule has 4 aromatic rings. The second kappa shape index (κ2) is 7.73. The Labute approximate surface area is 184 Å². The number of carbonyl (C=O) groups is 1. The monoisotopic (exact) mass is 459 g/mol. The van der Waals surface area contributed by atoms with Gasteiger partial charge >= 0.3 is 0 Å². The second-order valence-corrected chi connectivity index (χ2v) is 8.83. The van der Waals surface area contributed by atoms with Crippen LogP contribution in [-0.4, -0.2) is 22.0 Å². The molecule has 1 saturated heterocycles. The molecule has 5 rings (SSSR count). The summed E-state index contributed by atoms with van der Waals surface area (Å²) in [5.74, 6) is 1.21. The van der Waals surface area contributed by atoms with E-state index >= 15 is 0 Å². The highest BCUT2D eigenvalue weighted by Crippen LogP contribution is 2.34. The number of aromatic nitrogens is 2. The number of anilines is 1. The molecule has 1 fully saturated rings. The lowest BCUT2D eigenvalue weighted by molar-refractivity contribution is -0.117. The zero-order chi connectivity index (χ0) is 20.7. The first kappa shape index (κ1) is 19.1. The third-order valence-corrected chi connectivity index (χ3v) is 6.21. The van der Waals surface area contributed by atoms with Crippen molar-refractivity contribution in [3.8, 4) is 0 Å². The Balaban J connectivity index is 1.53. The minimum absolute atomic E-state index is 0.0672. The summed E-state index contributed by atoms with van der Waals surface area (Å²) < 4.78 is 3.34. The van der Waals surface area contributed by atoms with Crippen LogP contribution in [0.25, 0.3) is 11.0 Å². The Morgan fingerprint density at radius 2 is 1.87 bits per heavy atom. The van der Waals surface area contributed by atoms with Gasteiger partial charge < -0.3 is 9.47 Å². The van der Waals surface area contributed by atoms with Crippen molar-refractivity contribution in [2.45, 2.75) is 25.8 Å². The Morgan fingerprint density at radius 3 is 2.70 bits per heavy atom. The number of aryl methyl sites for hydroxylation is 1. The maximum Gasteiger partial charge on any atom is 0.227 e. The minimum atomic E-state index is 0.0672. The summed E-state index contributed by atoms with van der Waals surface area (Å²) in [7, 11) is 0. The SMILES string of the molecule is Cc1cccc(N2CC(c3nc4ccccc4n3Cc3cccc(Br)c3)CC2=O)c1. The largest absolute Gasteiger partial charge is 0.323 e. The van der Waals surface area contributed by atoms with E-state index in [1.165, 1.54) is 5.56 Å². The van der Waals surface area contributed by atoms with Crippen LogP contribution in [0.5, 0.6) is 0 Å². The van der Waals surface area contributed by atoms with E-state index in [2.05, 4.69) is 63.8 Å². The number of nitrogens with zero attached hydrogens (tertiary/aromatic N) is 3. The number of para-hydroxylation sites is 2. The molecule has 0 radical (unpaired) electrons. The first-order valence-electron chi connectivity index (χ1n) is 10.1. The quantitative estimate of drug-likeness (QED) is 0.393. The third kappa shape index (κ3) is 3.54. The van der Waals surface area contributed by atoms with E-state index in [4.69, 9.17) is 4.98 Å². The molecular formula is C25H22BrN3O. The topological polar surface area (TPSA) is 38.1 Å². The van der Waals surface area contributed by atoms with Crippen LogP contribution >= 0.6 is 15.9 Å². The summed E-state index contributed by atoms with van der Waals surface area (Å²) >= 11 is 3.57. The van der Waals surface area contributed by atoms with E-state index in [0.717, 1.165) is 39.1 Å². The molecule has 1 amide bonds. The van der Waals surface area contributed by atoms with Crippen LogP contribution in [0.3, 0.4) is 0 Å². The maximum atomic E-state index is 12.9. The molecular weight excluding hydrogens is 438 g/mol. The average Bonchev–Trinajstić information content (AvgIpc) is 3.29. The normalized spacial score (nSPS) is 16.5. The van der Waals surface area contributed by atoms with Crippen LogP contribution in [0.15, 0.2) is 77.3 Å². The van der Waals surface area contributed by atoms with Gasteiger partial charge in [0.1, 0.15) is 5.82 Å². The van der Waals surface area contributed by atoms with Gasteiger partial charge in [-0.2, -0.15) is 0 Å². The molecule has 0 aliphatic carbocycles. The number of fused-ring (bicyclic) bond motifs is 1. The Kier molecular flexibility index (Phi) is 4.91. The highest BCUT2D eigenvalue weighted by atomic mass is 79.9. The molecule has 150 valence electrons. The summed E-state index contributed by atoms with van der Waals surface area (Å²) in [5.41, 5.74) is 5.41. The number of amides is 1. The first-order chi connectivity index (χ1) is 14.6. The van der Waals surface area contributed by atoms with E-state index in [-0.39, 0.29) is 11.8 Å². The lowest BCUT2D eigenvalue weighted by Crippen LogP contribution is -2.24. The number of hydrogen-bond donors (Lipinski definition) is 0. The van der Waals surface area contributed by atoms with Crippen LogP contribution in [0, 0.1) is 6.92 Å². The lowest BCUT2D eigenvalue weighted by atomic mass is 10.1. The number of imidazole rings is 1. The molecule has 1 aliphatic heterocycles. The maximum absolute atomic E-state index is 12.9. The molecule has 3 aromatic carbocycles. The average molecular weight is 460 g/mol. The van der Waals surface area contributed by atoms with Gasteiger partial charge in [-0.3, -0.25) is 4.79 Å². The molecule has 0 saturated carbocycles. The molecule has 1 unspecified atom stereocenters. The number of halogens is 1. The Bertz CT molecular complexity index is 1250. The smallest absolute Gasteiger partial charge is 0.227 e. The molecule has 1 atom stereocenters. The summed E-state index contributed by atoms with van der Waals surface area (Å²) in [5, 5.41) is 0. The van der Waals surface area contributed by atoms with Gasteiger partial charge in [0.15, 0.2) is 0 Å². The van der Waals surface area contributed by atoms with Gasteiger partial charge in [-0.25, -0.2) is 4.98 Å². The van der Waals surface area contributed by atoms with Crippen molar-refractivity contribution in [2.24, 2.45) is 0 Å². The predicted molar refractivity (Wildman–Crippen MR) is 124 cm³/mol. The van der Waals surface area contributed by atoms with Crippen LogP contribution in [0.1, 0.15) is 29.3 Å². The zero-order valence-electron chi connectivity index (χ0n) is 16.8. The fourth-order valence-corrected chi connectivity index (χ4v) is 4.76. The standard InChI is InChI=1S/C25H22BrN3O/c1-17-6-4-9-21(12-17)28-16-19(14-24(28)30)25-27-22-10-2-3-11-23(22)29(25)15-18-7-5-8-20(26)13-18/h2-13,19H,14-16H2,1H3. The molecule has 2 heterocycles. The molecule has 5 heteroatoms. The summed E-state index contributed by atoms with van der Waals surface area (Å²) in [6.45, 7) is 3.44. The van der Waals surface area contributed by atoms with Gasteiger partial charge in [-0.1, -0.05) is 52.3 Å². The Morgan fingerprint density at radius 1 is 1.03 bits per heavy atom. The fraction of sp³-hybridized carbons (Fsp3) is 0.200. The lowest BCUT2D eigenvalue weighted by Gasteiger charge is -2.18. The summed E-state index contributed by atoms with van der Waals surface area (Å²) in [6.07, 6.45) is 0.482. The van der Waals surface area contributed by atoms with Crippen molar-refractivity contribution in [2.75, 3.05) is 11.4 Å². The highest BCUT2D eigenvalue weighted by Gasteiger charge is 2.34. The molecule has 0 spiro atoms. The van der Waals surface area contributed by atoms with Crippen molar-refractivity contribution in [1.82, 2.24) is 9.55 Å². The first-order valence-corrected chi connectivity index (χ1v) is 10.9. The summed E-state index contributed by atoms with van der Waals surface area (Å²) in [6, 6.07) is 24.7. The molecule has 1 aromatic heterocycles. The number of carbonyl (C=O) groups excluding carboxylic acids is 1. The second-order valence-electron chi connectivity index (χ2n) is 7.92. The van der Waals surface area contributed by atoms with Gasteiger partial charge in [0.05, 0.1) is 11.0 Å². The van der Waals surface area contributed by atoms with Gasteiger partial charge in [0, 0.05) is 35.6 Å². The van der Waals surface area contributed by atoms with Crippen LogP contribution in [0.4, 0.5) is 5.69 Å². The van der Waals surface area contributed by atoms with Crippen molar-refractivity contribution in [3.63, 3.8) is 0 Å². The Hall–Kier alpha value is -2.92. The molecule has 1 aliphatic rings. The van der Waals surface area contributed by atoms with Gasteiger partial charge in [0.25, 0.3) is 0 Å². The van der Waals surface area contributed by atoms with Crippen LogP contribution < -0.4 is 4.90 Å². The summed E-state index contributed by atoms with van der Waals surface area (Å²) in [4.78, 5) is 19.8. The highest BCUT2D eigenvalue weighted by molar-refractivity contribution is 9.10.